The van der Waals surface area contributed by atoms with Gasteiger partial charge in [0.15, 0.2) is 11.5 Å². The molecule has 92 valence electrons. The van der Waals surface area contributed by atoms with E-state index < -0.39 is 11.7 Å². The minimum Gasteiger partial charge on any atom is -0.504 e. The van der Waals surface area contributed by atoms with Crippen LogP contribution in [0.2, 0.25) is 0 Å². The lowest BCUT2D eigenvalue weighted by molar-refractivity contribution is 0.0926. The number of nitrogens with one attached hydrogen (secondary N) is 1. The van der Waals surface area contributed by atoms with Gasteiger partial charge in [-0.15, -0.1) is 0 Å². The summed E-state index contributed by atoms with van der Waals surface area (Å²) in [4.78, 5) is 11.8. The van der Waals surface area contributed by atoms with Crippen LogP contribution in [0.1, 0.15) is 29.6 Å². The van der Waals surface area contributed by atoms with Crippen molar-refractivity contribution in [2.45, 2.75) is 24.8 Å². The lowest BCUT2D eigenvalue weighted by Crippen LogP contribution is -2.54. The third kappa shape index (κ3) is 2.34. The Labute approximate surface area is 99.3 Å². The van der Waals surface area contributed by atoms with E-state index in [0.29, 0.717) is 6.54 Å². The zero-order chi connectivity index (χ0) is 12.5. The number of hydrogen-bond donors (Lipinski definition) is 4. The lowest BCUT2D eigenvalue weighted by atomic mass is 9.78. The Morgan fingerprint density at radius 1 is 1.41 bits per heavy atom. The first-order valence-electron chi connectivity index (χ1n) is 5.60. The molecule has 1 aliphatic rings. The Kier molecular flexibility index (Phi) is 2.93. The van der Waals surface area contributed by atoms with Gasteiger partial charge in [-0.2, -0.15) is 0 Å². The summed E-state index contributed by atoms with van der Waals surface area (Å²) < 4.78 is 0. The van der Waals surface area contributed by atoms with E-state index in [-0.39, 0.29) is 16.9 Å². The molecule has 0 heterocycles. The van der Waals surface area contributed by atoms with Crippen LogP contribution in [0, 0.1) is 0 Å². The molecular weight excluding hydrogens is 220 g/mol. The van der Waals surface area contributed by atoms with Crippen LogP contribution in [0.15, 0.2) is 18.2 Å². The highest BCUT2D eigenvalue weighted by Gasteiger charge is 2.32. The molecule has 5 nitrogen and oxygen atoms in total. The molecule has 5 N–H and O–H groups in total. The van der Waals surface area contributed by atoms with E-state index in [1.807, 2.05) is 0 Å². The number of aromatic hydroxyl groups is 2. The van der Waals surface area contributed by atoms with E-state index in [1.165, 1.54) is 18.2 Å². The van der Waals surface area contributed by atoms with Crippen LogP contribution in [0.4, 0.5) is 0 Å². The van der Waals surface area contributed by atoms with Gasteiger partial charge < -0.3 is 21.3 Å². The number of phenolic OH excluding ortho intramolecular Hbond substituents is 2. The Bertz CT molecular complexity index is 441. The fourth-order valence-corrected chi connectivity index (χ4v) is 1.87. The summed E-state index contributed by atoms with van der Waals surface area (Å²) in [6.45, 7) is 0.390. The summed E-state index contributed by atoms with van der Waals surface area (Å²) in [5.41, 5.74) is 5.73. The van der Waals surface area contributed by atoms with Crippen LogP contribution in [0.3, 0.4) is 0 Å². The highest BCUT2D eigenvalue weighted by molar-refractivity contribution is 5.97. The van der Waals surface area contributed by atoms with Crippen LogP contribution < -0.4 is 11.1 Å². The van der Waals surface area contributed by atoms with Crippen molar-refractivity contribution in [1.29, 1.82) is 0 Å². The maximum Gasteiger partial charge on any atom is 0.255 e. The fourth-order valence-electron chi connectivity index (χ4n) is 1.87. The summed E-state index contributed by atoms with van der Waals surface area (Å²) >= 11 is 0. The standard InChI is InChI=1S/C12H16N2O3/c13-12(5-2-6-12)7-14-11(17)8-3-1-4-9(15)10(8)16/h1,3-4,15-16H,2,5-7,13H2,(H,14,17). The number of phenols is 2. The van der Waals surface area contributed by atoms with E-state index in [0.717, 1.165) is 19.3 Å². The second-order valence-electron chi connectivity index (χ2n) is 4.57. The van der Waals surface area contributed by atoms with Crippen LogP contribution in [-0.4, -0.2) is 28.2 Å². The molecule has 0 radical (unpaired) electrons. The largest absolute Gasteiger partial charge is 0.504 e. The monoisotopic (exact) mass is 236 g/mol. The van der Waals surface area contributed by atoms with E-state index in [1.54, 1.807) is 0 Å². The minimum atomic E-state index is -0.421. The van der Waals surface area contributed by atoms with Gasteiger partial charge in [0.2, 0.25) is 0 Å². The van der Waals surface area contributed by atoms with Gasteiger partial charge in [-0.05, 0) is 31.4 Å². The smallest absolute Gasteiger partial charge is 0.255 e. The number of hydrogen-bond acceptors (Lipinski definition) is 4. The van der Waals surface area contributed by atoms with Crippen molar-refractivity contribution in [3.8, 4) is 11.5 Å². The van der Waals surface area contributed by atoms with Gasteiger partial charge in [-0.1, -0.05) is 6.07 Å². The molecule has 1 aromatic rings. The van der Waals surface area contributed by atoms with Gasteiger partial charge in [0.25, 0.3) is 5.91 Å². The molecule has 0 aromatic heterocycles. The zero-order valence-electron chi connectivity index (χ0n) is 9.44. The molecule has 0 unspecified atom stereocenters. The van der Waals surface area contributed by atoms with Crippen LogP contribution in [0.25, 0.3) is 0 Å². The van der Waals surface area contributed by atoms with Gasteiger partial charge >= 0.3 is 0 Å². The van der Waals surface area contributed by atoms with Crippen molar-refractivity contribution < 1.29 is 15.0 Å². The molecule has 0 atom stereocenters. The Morgan fingerprint density at radius 2 is 2.12 bits per heavy atom. The predicted molar refractivity (Wildman–Crippen MR) is 62.9 cm³/mol. The molecule has 1 amide bonds. The zero-order valence-corrected chi connectivity index (χ0v) is 9.44. The molecule has 1 aromatic carbocycles. The van der Waals surface area contributed by atoms with Gasteiger partial charge in [0, 0.05) is 12.1 Å². The predicted octanol–water partition coefficient (Wildman–Crippen LogP) is 0.709. The van der Waals surface area contributed by atoms with Crippen LogP contribution in [0.5, 0.6) is 11.5 Å². The lowest BCUT2D eigenvalue weighted by Gasteiger charge is -2.38. The molecule has 1 fully saturated rings. The minimum absolute atomic E-state index is 0.0629. The summed E-state index contributed by atoms with van der Waals surface area (Å²) in [5.74, 6) is -1.12. The first-order valence-corrected chi connectivity index (χ1v) is 5.60. The molecule has 0 bridgehead atoms. The maximum absolute atomic E-state index is 11.8. The number of rotatable bonds is 3. The molecule has 0 saturated heterocycles. The maximum atomic E-state index is 11.8. The van der Waals surface area contributed by atoms with E-state index in [4.69, 9.17) is 5.73 Å². The quantitative estimate of drug-likeness (QED) is 0.581. The molecule has 17 heavy (non-hydrogen) atoms. The van der Waals surface area contributed by atoms with Crippen LogP contribution in [-0.2, 0) is 0 Å². The fraction of sp³-hybridized carbons (Fsp3) is 0.417. The normalized spacial score (nSPS) is 17.2. The van der Waals surface area contributed by atoms with Crippen molar-refractivity contribution in [3.63, 3.8) is 0 Å². The summed E-state index contributed by atoms with van der Waals surface area (Å²) in [7, 11) is 0. The third-order valence-corrected chi connectivity index (χ3v) is 3.21. The first-order chi connectivity index (χ1) is 8.02. The van der Waals surface area contributed by atoms with Crippen molar-refractivity contribution in [2.24, 2.45) is 5.73 Å². The number of amides is 1. The van der Waals surface area contributed by atoms with Gasteiger partial charge in [0.05, 0.1) is 5.56 Å². The van der Waals surface area contributed by atoms with Gasteiger partial charge in [0.1, 0.15) is 0 Å². The molecule has 0 aliphatic heterocycles. The molecule has 2 rings (SSSR count). The molecule has 5 heteroatoms. The summed E-state index contributed by atoms with van der Waals surface area (Å²) in [6.07, 6.45) is 2.89. The van der Waals surface area contributed by atoms with Gasteiger partial charge in [-0.25, -0.2) is 0 Å². The average Bonchev–Trinajstić information content (AvgIpc) is 2.27. The Balaban J connectivity index is 2.02. The highest BCUT2D eigenvalue weighted by Crippen LogP contribution is 2.30. The summed E-state index contributed by atoms with van der Waals surface area (Å²) in [6, 6.07) is 4.28. The first kappa shape index (κ1) is 11.7. The second-order valence-corrected chi connectivity index (χ2v) is 4.57. The molecule has 1 aliphatic carbocycles. The van der Waals surface area contributed by atoms with Gasteiger partial charge in [-0.3, -0.25) is 4.79 Å². The van der Waals surface area contributed by atoms with Crippen LogP contribution >= 0.6 is 0 Å². The molecular formula is C12H16N2O3. The number of benzene rings is 1. The van der Waals surface area contributed by atoms with Crippen molar-refractivity contribution in [2.75, 3.05) is 6.54 Å². The van der Waals surface area contributed by atoms with Crippen molar-refractivity contribution in [3.05, 3.63) is 23.8 Å². The van der Waals surface area contributed by atoms with E-state index in [2.05, 4.69) is 5.32 Å². The SMILES string of the molecule is NC1(CNC(=O)c2cccc(O)c2O)CCC1. The van der Waals surface area contributed by atoms with E-state index >= 15 is 0 Å². The number of carbonyl (C=O) groups excluding carboxylic acids is 1. The number of carbonyl (C=O) groups is 1. The Morgan fingerprint density at radius 3 is 2.71 bits per heavy atom. The average molecular weight is 236 g/mol. The van der Waals surface area contributed by atoms with Crippen molar-refractivity contribution >= 4 is 5.91 Å². The number of nitrogens with two attached hydrogens (primary N) is 1. The van der Waals surface area contributed by atoms with Crippen molar-refractivity contribution in [1.82, 2.24) is 5.32 Å². The number of para-hydroxylation sites is 1. The Hall–Kier alpha value is -1.75. The third-order valence-electron chi connectivity index (χ3n) is 3.21. The second kappa shape index (κ2) is 4.25. The summed E-state index contributed by atoms with van der Waals surface area (Å²) in [5, 5.41) is 21.5. The highest BCUT2D eigenvalue weighted by atomic mass is 16.3. The molecule has 1 saturated carbocycles. The topological polar surface area (TPSA) is 95.6 Å². The van der Waals surface area contributed by atoms with E-state index in [9.17, 15) is 15.0 Å². The molecule has 0 spiro atoms.